The molecule has 0 radical (unpaired) electrons. The van der Waals surface area contributed by atoms with E-state index in [1.54, 1.807) is 0 Å². The molecule has 1 fully saturated rings. The zero-order chi connectivity index (χ0) is 12.4. The van der Waals surface area contributed by atoms with Crippen molar-refractivity contribution in [1.29, 1.82) is 0 Å². The van der Waals surface area contributed by atoms with Crippen LogP contribution in [0.5, 0.6) is 0 Å². The highest BCUT2D eigenvalue weighted by Gasteiger charge is 2.23. The lowest BCUT2D eigenvalue weighted by molar-refractivity contribution is 0.336. The Morgan fingerprint density at radius 3 is 2.76 bits per heavy atom. The number of rotatable bonds is 2. The fourth-order valence-corrected chi connectivity index (χ4v) is 3.18. The van der Waals surface area contributed by atoms with Crippen molar-refractivity contribution in [1.82, 2.24) is 0 Å². The standard InChI is InChI=1S/C14H21BrN2/c1-10-4-3-5-12(8-10)17(2)14-7-6-11(15)9-13(14)16/h6-7,9-10,12H,3-5,8,16H2,1-2H3. The van der Waals surface area contributed by atoms with Crippen molar-refractivity contribution < 1.29 is 0 Å². The molecule has 17 heavy (non-hydrogen) atoms. The average molecular weight is 297 g/mol. The topological polar surface area (TPSA) is 29.3 Å². The van der Waals surface area contributed by atoms with Gasteiger partial charge in [0.25, 0.3) is 0 Å². The van der Waals surface area contributed by atoms with E-state index >= 15 is 0 Å². The monoisotopic (exact) mass is 296 g/mol. The number of nitrogens with zero attached hydrogens (tertiary/aromatic N) is 1. The van der Waals surface area contributed by atoms with E-state index in [0.29, 0.717) is 6.04 Å². The highest BCUT2D eigenvalue weighted by atomic mass is 79.9. The van der Waals surface area contributed by atoms with Crippen molar-refractivity contribution in [3.8, 4) is 0 Å². The maximum absolute atomic E-state index is 6.09. The van der Waals surface area contributed by atoms with Gasteiger partial charge in [-0.25, -0.2) is 0 Å². The molecule has 1 aliphatic rings. The van der Waals surface area contributed by atoms with Crippen LogP contribution in [0, 0.1) is 5.92 Å². The quantitative estimate of drug-likeness (QED) is 0.835. The first-order valence-corrected chi connectivity index (χ1v) is 7.15. The van der Waals surface area contributed by atoms with Gasteiger partial charge in [0, 0.05) is 17.6 Å². The van der Waals surface area contributed by atoms with E-state index in [4.69, 9.17) is 5.73 Å². The molecule has 1 aromatic carbocycles. The van der Waals surface area contributed by atoms with Crippen molar-refractivity contribution in [3.63, 3.8) is 0 Å². The number of hydrogen-bond acceptors (Lipinski definition) is 2. The van der Waals surface area contributed by atoms with Gasteiger partial charge in [0.1, 0.15) is 0 Å². The third-order valence-electron chi connectivity index (χ3n) is 3.83. The number of nitrogens with two attached hydrogens (primary N) is 1. The first-order chi connectivity index (χ1) is 8.08. The molecule has 0 aliphatic heterocycles. The summed E-state index contributed by atoms with van der Waals surface area (Å²) in [5.41, 5.74) is 8.11. The van der Waals surface area contributed by atoms with Crippen LogP contribution in [-0.2, 0) is 0 Å². The summed E-state index contributed by atoms with van der Waals surface area (Å²) in [5, 5.41) is 0. The van der Waals surface area contributed by atoms with E-state index in [1.807, 2.05) is 6.07 Å². The molecule has 0 saturated heterocycles. The third-order valence-corrected chi connectivity index (χ3v) is 4.32. The summed E-state index contributed by atoms with van der Waals surface area (Å²) in [4.78, 5) is 2.36. The van der Waals surface area contributed by atoms with E-state index in [2.05, 4.69) is 46.9 Å². The summed E-state index contributed by atoms with van der Waals surface area (Å²) in [6.07, 6.45) is 5.29. The highest BCUT2D eigenvalue weighted by molar-refractivity contribution is 9.10. The van der Waals surface area contributed by atoms with Gasteiger partial charge in [-0.05, 0) is 37.0 Å². The molecule has 1 aromatic rings. The molecule has 0 amide bonds. The smallest absolute Gasteiger partial charge is 0.0600 e. The number of halogens is 1. The third kappa shape index (κ3) is 2.95. The lowest BCUT2D eigenvalue weighted by Gasteiger charge is -2.36. The molecule has 2 N–H and O–H groups in total. The van der Waals surface area contributed by atoms with Crippen molar-refractivity contribution in [2.45, 2.75) is 38.6 Å². The summed E-state index contributed by atoms with van der Waals surface area (Å²) in [6, 6.07) is 6.80. The minimum absolute atomic E-state index is 0.641. The van der Waals surface area contributed by atoms with Crippen LogP contribution >= 0.6 is 15.9 Å². The molecule has 0 spiro atoms. The maximum atomic E-state index is 6.09. The summed E-state index contributed by atoms with van der Waals surface area (Å²) in [6.45, 7) is 2.35. The van der Waals surface area contributed by atoms with Gasteiger partial charge in [-0.3, -0.25) is 0 Å². The molecule has 3 heteroatoms. The normalized spacial score (nSPS) is 24.6. The molecule has 94 valence electrons. The number of nitrogen functional groups attached to an aromatic ring is 1. The van der Waals surface area contributed by atoms with Crippen molar-refractivity contribution >= 4 is 27.3 Å². The van der Waals surface area contributed by atoms with Crippen LogP contribution < -0.4 is 10.6 Å². The van der Waals surface area contributed by atoms with Crippen molar-refractivity contribution in [2.75, 3.05) is 17.7 Å². The van der Waals surface area contributed by atoms with E-state index in [1.165, 1.54) is 25.7 Å². The zero-order valence-electron chi connectivity index (χ0n) is 10.6. The zero-order valence-corrected chi connectivity index (χ0v) is 12.2. The van der Waals surface area contributed by atoms with Crippen LogP contribution in [0.2, 0.25) is 0 Å². The Balaban J connectivity index is 2.15. The lowest BCUT2D eigenvalue weighted by atomic mass is 9.86. The van der Waals surface area contributed by atoms with Crippen molar-refractivity contribution in [3.05, 3.63) is 22.7 Å². The molecule has 2 atom stereocenters. The molecule has 1 saturated carbocycles. The molecular formula is C14H21BrN2. The number of hydrogen-bond donors (Lipinski definition) is 1. The fourth-order valence-electron chi connectivity index (χ4n) is 2.80. The summed E-state index contributed by atoms with van der Waals surface area (Å²) >= 11 is 3.45. The molecule has 2 unspecified atom stereocenters. The second-order valence-electron chi connectivity index (χ2n) is 5.24. The molecule has 1 aliphatic carbocycles. The lowest BCUT2D eigenvalue weighted by Crippen LogP contribution is -2.35. The summed E-state index contributed by atoms with van der Waals surface area (Å²) in [5.74, 6) is 0.841. The van der Waals surface area contributed by atoms with Crippen LogP contribution in [0.25, 0.3) is 0 Å². The Labute approximate surface area is 112 Å². The first-order valence-electron chi connectivity index (χ1n) is 6.36. The van der Waals surface area contributed by atoms with Crippen molar-refractivity contribution in [2.24, 2.45) is 5.92 Å². The Hall–Kier alpha value is -0.700. The minimum atomic E-state index is 0.641. The SMILES string of the molecule is CC1CCCC(N(C)c2ccc(Br)cc2N)C1. The Kier molecular flexibility index (Phi) is 3.97. The number of benzene rings is 1. The van der Waals surface area contributed by atoms with E-state index < -0.39 is 0 Å². The van der Waals surface area contributed by atoms with E-state index in [-0.39, 0.29) is 0 Å². The van der Waals surface area contributed by atoms with Crippen LogP contribution in [0.15, 0.2) is 22.7 Å². The van der Waals surface area contributed by atoms with Gasteiger partial charge < -0.3 is 10.6 Å². The van der Waals surface area contributed by atoms with E-state index in [0.717, 1.165) is 21.8 Å². The van der Waals surface area contributed by atoms with Crippen LogP contribution in [-0.4, -0.2) is 13.1 Å². The summed E-state index contributed by atoms with van der Waals surface area (Å²) in [7, 11) is 2.17. The van der Waals surface area contributed by atoms with Gasteiger partial charge in [-0.15, -0.1) is 0 Å². The minimum Gasteiger partial charge on any atom is -0.397 e. The largest absolute Gasteiger partial charge is 0.397 e. The van der Waals surface area contributed by atoms with E-state index in [9.17, 15) is 0 Å². The van der Waals surface area contributed by atoms with Gasteiger partial charge in [-0.1, -0.05) is 35.7 Å². The van der Waals surface area contributed by atoms with Crippen LogP contribution in [0.1, 0.15) is 32.6 Å². The molecule has 0 bridgehead atoms. The highest BCUT2D eigenvalue weighted by Crippen LogP contribution is 2.33. The van der Waals surface area contributed by atoms with Gasteiger partial charge in [0.05, 0.1) is 11.4 Å². The van der Waals surface area contributed by atoms with Gasteiger partial charge >= 0.3 is 0 Å². The van der Waals surface area contributed by atoms with Gasteiger partial charge in [0.2, 0.25) is 0 Å². The fraction of sp³-hybridized carbons (Fsp3) is 0.571. The molecule has 0 heterocycles. The second-order valence-corrected chi connectivity index (χ2v) is 6.16. The molecule has 0 aromatic heterocycles. The number of anilines is 2. The molecule has 2 nitrogen and oxygen atoms in total. The Bertz CT molecular complexity index is 392. The molecule has 2 rings (SSSR count). The maximum Gasteiger partial charge on any atom is 0.0600 e. The Morgan fingerprint density at radius 2 is 2.12 bits per heavy atom. The van der Waals surface area contributed by atoms with Gasteiger partial charge in [0.15, 0.2) is 0 Å². The molecular weight excluding hydrogens is 276 g/mol. The first kappa shape index (κ1) is 12.7. The van der Waals surface area contributed by atoms with Crippen LogP contribution in [0.4, 0.5) is 11.4 Å². The van der Waals surface area contributed by atoms with Crippen LogP contribution in [0.3, 0.4) is 0 Å². The summed E-state index contributed by atoms with van der Waals surface area (Å²) < 4.78 is 1.05. The van der Waals surface area contributed by atoms with Gasteiger partial charge in [-0.2, -0.15) is 0 Å². The predicted molar refractivity (Wildman–Crippen MR) is 78.4 cm³/mol. The average Bonchev–Trinajstić information content (AvgIpc) is 2.28. The second kappa shape index (κ2) is 5.30. The Morgan fingerprint density at radius 1 is 1.35 bits per heavy atom. The predicted octanol–water partition coefficient (Wildman–Crippen LogP) is 4.05.